The van der Waals surface area contributed by atoms with E-state index < -0.39 is 12.0 Å². The third-order valence-corrected chi connectivity index (χ3v) is 2.73. The van der Waals surface area contributed by atoms with Gasteiger partial charge in [0.2, 0.25) is 5.91 Å². The second-order valence-corrected chi connectivity index (χ2v) is 4.33. The summed E-state index contributed by atoms with van der Waals surface area (Å²) in [4.78, 5) is 22.7. The molecule has 4 nitrogen and oxygen atoms in total. The molecule has 1 rings (SSSR count). The Bertz CT molecular complexity index is 454. The van der Waals surface area contributed by atoms with Crippen LogP contribution in [0.1, 0.15) is 19.4 Å². The molecule has 2 atom stereocenters. The largest absolute Gasteiger partial charge is 0.467 e. The van der Waals surface area contributed by atoms with E-state index in [2.05, 4.69) is 5.32 Å². The van der Waals surface area contributed by atoms with Crippen LogP contribution < -0.4 is 5.32 Å². The second-order valence-electron chi connectivity index (χ2n) is 4.33. The number of carbonyl (C=O) groups is 2. The van der Waals surface area contributed by atoms with Crippen molar-refractivity contribution in [2.75, 3.05) is 7.11 Å². The smallest absolute Gasteiger partial charge is 0.328 e. The lowest BCUT2D eigenvalue weighted by Crippen LogP contribution is -2.44. The number of rotatable bonds is 5. The summed E-state index contributed by atoms with van der Waals surface area (Å²) in [7, 11) is 1.31. The molecule has 0 aliphatic carbocycles. The second kappa shape index (κ2) is 7.36. The van der Waals surface area contributed by atoms with Crippen LogP contribution in [-0.4, -0.2) is 25.0 Å². The van der Waals surface area contributed by atoms with Crippen molar-refractivity contribution in [3.8, 4) is 0 Å². The maximum atomic E-state index is 11.6. The van der Waals surface area contributed by atoms with Crippen molar-refractivity contribution < 1.29 is 14.3 Å². The van der Waals surface area contributed by atoms with Crippen molar-refractivity contribution >= 4 is 18.0 Å². The summed E-state index contributed by atoms with van der Waals surface area (Å²) in [6.07, 6.45) is 3.80. The first-order valence-corrected chi connectivity index (χ1v) is 6.12. The molecule has 0 saturated carbocycles. The highest BCUT2D eigenvalue weighted by atomic mass is 16.5. The van der Waals surface area contributed by atoms with Gasteiger partial charge < -0.3 is 10.1 Å². The fraction of sp³-hybridized carbons (Fsp3) is 0.333. The number of benzene rings is 1. The Labute approximate surface area is 113 Å². The minimum Gasteiger partial charge on any atom is -0.467 e. The van der Waals surface area contributed by atoms with Crippen molar-refractivity contribution in [1.29, 1.82) is 0 Å². The third kappa shape index (κ3) is 4.95. The van der Waals surface area contributed by atoms with E-state index in [4.69, 9.17) is 4.74 Å². The number of esters is 1. The van der Waals surface area contributed by atoms with Gasteiger partial charge >= 0.3 is 5.97 Å². The number of ether oxygens (including phenoxy) is 1. The predicted octanol–water partition coefficient (Wildman–Crippen LogP) is 2.01. The molecule has 1 N–H and O–H groups in total. The molecule has 0 radical (unpaired) electrons. The van der Waals surface area contributed by atoms with Crippen LogP contribution in [-0.2, 0) is 14.3 Å². The van der Waals surface area contributed by atoms with Gasteiger partial charge in [-0.3, -0.25) is 4.79 Å². The summed E-state index contributed by atoms with van der Waals surface area (Å²) in [5, 5.41) is 2.60. The van der Waals surface area contributed by atoms with E-state index >= 15 is 0 Å². The zero-order chi connectivity index (χ0) is 14.3. The van der Waals surface area contributed by atoms with E-state index in [1.54, 1.807) is 0 Å². The SMILES string of the molecule is COC(=O)[C@H](NC(C)=O)[C@H](C)/C=C/c1ccccc1. The van der Waals surface area contributed by atoms with Gasteiger partial charge in [-0.05, 0) is 5.56 Å². The zero-order valence-corrected chi connectivity index (χ0v) is 11.4. The molecule has 1 aromatic carbocycles. The van der Waals surface area contributed by atoms with Crippen molar-refractivity contribution in [3.63, 3.8) is 0 Å². The van der Waals surface area contributed by atoms with Crippen LogP contribution >= 0.6 is 0 Å². The zero-order valence-electron chi connectivity index (χ0n) is 11.4. The van der Waals surface area contributed by atoms with E-state index in [-0.39, 0.29) is 11.8 Å². The lowest BCUT2D eigenvalue weighted by molar-refractivity contribution is -0.145. The maximum absolute atomic E-state index is 11.6. The molecule has 0 aliphatic heterocycles. The van der Waals surface area contributed by atoms with Gasteiger partial charge in [-0.15, -0.1) is 0 Å². The Hall–Kier alpha value is -2.10. The van der Waals surface area contributed by atoms with Crippen LogP contribution in [0.2, 0.25) is 0 Å². The standard InChI is InChI=1S/C15H19NO3/c1-11(9-10-13-7-5-4-6-8-13)14(15(18)19-3)16-12(2)17/h4-11,14H,1-3H3,(H,16,17)/b10-9+/t11-,14-/m1/s1. The first-order chi connectivity index (χ1) is 9.04. The number of methoxy groups -OCH3 is 1. The molecular weight excluding hydrogens is 242 g/mol. The quantitative estimate of drug-likeness (QED) is 0.825. The molecule has 4 heteroatoms. The van der Waals surface area contributed by atoms with Gasteiger partial charge in [0.05, 0.1) is 7.11 Å². The highest BCUT2D eigenvalue weighted by molar-refractivity contribution is 5.83. The Morgan fingerprint density at radius 1 is 1.26 bits per heavy atom. The Kier molecular flexibility index (Phi) is 5.79. The molecule has 0 aliphatic rings. The number of hydrogen-bond acceptors (Lipinski definition) is 3. The number of hydrogen-bond donors (Lipinski definition) is 1. The van der Waals surface area contributed by atoms with Gasteiger partial charge in [0.1, 0.15) is 6.04 Å². The lowest BCUT2D eigenvalue weighted by Gasteiger charge is -2.19. The Balaban J connectivity index is 2.76. The topological polar surface area (TPSA) is 55.4 Å². The van der Waals surface area contributed by atoms with Gasteiger partial charge in [0.15, 0.2) is 0 Å². The van der Waals surface area contributed by atoms with E-state index in [9.17, 15) is 9.59 Å². The van der Waals surface area contributed by atoms with Crippen LogP contribution in [0.25, 0.3) is 6.08 Å². The summed E-state index contributed by atoms with van der Waals surface area (Å²) < 4.78 is 4.70. The van der Waals surface area contributed by atoms with Crippen LogP contribution in [0.5, 0.6) is 0 Å². The summed E-state index contributed by atoms with van der Waals surface area (Å²) >= 11 is 0. The van der Waals surface area contributed by atoms with Gasteiger partial charge in [-0.25, -0.2) is 4.79 Å². The molecule has 0 aromatic heterocycles. The lowest BCUT2D eigenvalue weighted by atomic mass is 10.00. The summed E-state index contributed by atoms with van der Waals surface area (Å²) in [5.74, 6) is -0.854. The van der Waals surface area contributed by atoms with Gasteiger partial charge in [0.25, 0.3) is 0 Å². The molecular formula is C15H19NO3. The maximum Gasteiger partial charge on any atom is 0.328 e. The Morgan fingerprint density at radius 2 is 1.89 bits per heavy atom. The van der Waals surface area contributed by atoms with Crippen molar-refractivity contribution in [3.05, 3.63) is 42.0 Å². The highest BCUT2D eigenvalue weighted by Crippen LogP contribution is 2.10. The van der Waals surface area contributed by atoms with E-state index in [1.807, 2.05) is 49.4 Å². The number of amides is 1. The van der Waals surface area contributed by atoms with Gasteiger partial charge in [0, 0.05) is 12.8 Å². The average molecular weight is 261 g/mol. The fourth-order valence-electron chi connectivity index (χ4n) is 1.69. The van der Waals surface area contributed by atoms with Crippen LogP contribution in [0.3, 0.4) is 0 Å². The first kappa shape index (κ1) is 15.0. The molecule has 0 bridgehead atoms. The molecule has 0 fully saturated rings. The van der Waals surface area contributed by atoms with Crippen LogP contribution in [0.15, 0.2) is 36.4 Å². The molecule has 0 saturated heterocycles. The molecule has 0 heterocycles. The minimum absolute atomic E-state index is 0.156. The van der Waals surface area contributed by atoms with Crippen molar-refractivity contribution in [2.45, 2.75) is 19.9 Å². The van der Waals surface area contributed by atoms with Crippen molar-refractivity contribution in [2.24, 2.45) is 5.92 Å². The predicted molar refractivity (Wildman–Crippen MR) is 74.3 cm³/mol. The molecule has 102 valence electrons. The van der Waals surface area contributed by atoms with Crippen LogP contribution in [0.4, 0.5) is 0 Å². The molecule has 0 unspecified atom stereocenters. The van der Waals surface area contributed by atoms with E-state index in [0.717, 1.165) is 5.56 Å². The summed E-state index contributed by atoms with van der Waals surface area (Å²) in [6, 6.07) is 9.09. The van der Waals surface area contributed by atoms with Crippen molar-refractivity contribution in [1.82, 2.24) is 5.32 Å². The molecule has 1 aromatic rings. The first-order valence-electron chi connectivity index (χ1n) is 6.12. The van der Waals surface area contributed by atoms with E-state index in [1.165, 1.54) is 14.0 Å². The van der Waals surface area contributed by atoms with Gasteiger partial charge in [-0.2, -0.15) is 0 Å². The molecule has 19 heavy (non-hydrogen) atoms. The highest BCUT2D eigenvalue weighted by Gasteiger charge is 2.24. The molecule has 1 amide bonds. The number of carbonyl (C=O) groups excluding carboxylic acids is 2. The number of nitrogens with one attached hydrogen (secondary N) is 1. The fourth-order valence-corrected chi connectivity index (χ4v) is 1.69. The summed E-state index contributed by atoms with van der Waals surface area (Å²) in [6.45, 7) is 3.24. The monoisotopic (exact) mass is 261 g/mol. The van der Waals surface area contributed by atoms with Gasteiger partial charge in [-0.1, -0.05) is 49.4 Å². The van der Waals surface area contributed by atoms with E-state index in [0.29, 0.717) is 0 Å². The molecule has 0 spiro atoms. The summed E-state index contributed by atoms with van der Waals surface area (Å²) in [5.41, 5.74) is 1.04. The van der Waals surface area contributed by atoms with Crippen LogP contribution in [0, 0.1) is 5.92 Å². The third-order valence-electron chi connectivity index (χ3n) is 2.73. The average Bonchev–Trinajstić information content (AvgIpc) is 2.42. The normalized spacial score (nSPS) is 13.8. The minimum atomic E-state index is -0.664. The Morgan fingerprint density at radius 3 is 2.42 bits per heavy atom.